The average molecular weight is 328 g/mol. The van der Waals surface area contributed by atoms with Gasteiger partial charge in [-0.15, -0.1) is 0 Å². The molecule has 0 amide bonds. The zero-order chi connectivity index (χ0) is 17.2. The maximum Gasteiger partial charge on any atom is 0.571 e. The first-order valence-electron chi connectivity index (χ1n) is 7.17. The predicted octanol–water partition coefficient (Wildman–Crippen LogP) is 2.40. The summed E-state index contributed by atoms with van der Waals surface area (Å²) in [6.45, 7) is 4.46. The summed E-state index contributed by atoms with van der Waals surface area (Å²) < 4.78 is 10.5. The molecular formula is C12H18N5O6-. The second-order valence-electron chi connectivity index (χ2n) is 4.47. The fraction of sp³-hybridized carbons (Fsp3) is 0.667. The molecule has 1 rings (SSSR count). The van der Waals surface area contributed by atoms with Gasteiger partial charge in [0.1, 0.15) is 9.85 Å². The van der Waals surface area contributed by atoms with E-state index in [1.165, 1.54) is 0 Å². The van der Waals surface area contributed by atoms with Gasteiger partial charge in [0.25, 0.3) is 0 Å². The number of nitro groups is 2. The summed E-state index contributed by atoms with van der Waals surface area (Å²) in [5.41, 5.74) is 0. The fourth-order valence-corrected chi connectivity index (χ4v) is 1.41. The summed E-state index contributed by atoms with van der Waals surface area (Å²) in [6.07, 6.45) is 3.15. The van der Waals surface area contributed by atoms with Crippen LogP contribution < -0.4 is 0 Å². The highest BCUT2D eigenvalue weighted by Crippen LogP contribution is 2.19. The van der Waals surface area contributed by atoms with Crippen molar-refractivity contribution in [3.63, 3.8) is 0 Å². The van der Waals surface area contributed by atoms with Gasteiger partial charge in [-0.1, -0.05) is 26.7 Å². The molecule has 128 valence electrons. The third-order valence-electron chi connectivity index (χ3n) is 2.60. The Hall–Kier alpha value is -2.72. The Morgan fingerprint density at radius 2 is 1.43 bits per heavy atom. The topological polar surface area (TPSA) is 144 Å². The molecule has 11 heteroatoms. The van der Waals surface area contributed by atoms with E-state index >= 15 is 0 Å². The number of ether oxygens (including phenoxy) is 2. The summed E-state index contributed by atoms with van der Waals surface area (Å²) in [7, 11) is 0. The van der Waals surface area contributed by atoms with Crippen molar-refractivity contribution < 1.29 is 19.3 Å². The first-order chi connectivity index (χ1) is 11.0. The van der Waals surface area contributed by atoms with Gasteiger partial charge in [-0.3, -0.25) is 25.5 Å². The van der Waals surface area contributed by atoms with Gasteiger partial charge in [0.2, 0.25) is 0 Å². The van der Waals surface area contributed by atoms with Gasteiger partial charge in [0, 0.05) is 0 Å². The van der Waals surface area contributed by atoms with E-state index in [4.69, 9.17) is 9.47 Å². The first-order valence-corrected chi connectivity index (χ1v) is 7.17. The largest absolute Gasteiger partial charge is 0.571 e. The number of rotatable bonds is 8. The maximum absolute atomic E-state index is 10.8. The van der Waals surface area contributed by atoms with Crippen LogP contribution in [0, 0.1) is 20.2 Å². The van der Waals surface area contributed by atoms with E-state index in [1.54, 1.807) is 0 Å². The Labute approximate surface area is 132 Å². The van der Waals surface area contributed by atoms with Crippen molar-refractivity contribution in [1.82, 2.24) is 0 Å². The highest BCUT2D eigenvalue weighted by atomic mass is 16.7. The third kappa shape index (κ3) is 5.88. The Bertz CT molecular complexity index is 498. The van der Waals surface area contributed by atoms with Crippen LogP contribution in [0.25, 0.3) is 5.32 Å². The third-order valence-corrected chi connectivity index (χ3v) is 2.60. The quantitative estimate of drug-likeness (QED) is 0.380. The van der Waals surface area contributed by atoms with Crippen molar-refractivity contribution in [2.24, 2.45) is 9.98 Å². The molecule has 1 heterocycles. The van der Waals surface area contributed by atoms with Crippen LogP contribution in [0.4, 0.5) is 0 Å². The van der Waals surface area contributed by atoms with Gasteiger partial charge in [-0.25, -0.2) is 0 Å². The summed E-state index contributed by atoms with van der Waals surface area (Å²) in [4.78, 5) is 26.6. The van der Waals surface area contributed by atoms with Crippen LogP contribution in [0.1, 0.15) is 39.5 Å². The summed E-state index contributed by atoms with van der Waals surface area (Å²) >= 11 is 0. The lowest BCUT2D eigenvalue weighted by Gasteiger charge is -2.23. The molecule has 0 radical (unpaired) electrons. The van der Waals surface area contributed by atoms with E-state index < -0.39 is 21.5 Å². The standard InChI is InChI=1S/C12H18N5O6/c1-3-5-7-22-11-13-9(10(16(18)19)17(20)21)14-12(15-11)23-8-6-4-2/h3-8H2,1-2H3/q-1. The molecular weight excluding hydrogens is 310 g/mol. The molecule has 23 heavy (non-hydrogen) atoms. The normalized spacial score (nSPS) is 13.6. The Kier molecular flexibility index (Phi) is 7.43. The Morgan fingerprint density at radius 1 is 1.00 bits per heavy atom. The molecule has 0 aromatic heterocycles. The second kappa shape index (κ2) is 9.33. The molecule has 0 spiro atoms. The van der Waals surface area contributed by atoms with Gasteiger partial charge in [0.05, 0.1) is 13.2 Å². The zero-order valence-corrected chi connectivity index (χ0v) is 12.9. The van der Waals surface area contributed by atoms with Gasteiger partial charge >= 0.3 is 5.82 Å². The van der Waals surface area contributed by atoms with E-state index in [-0.39, 0.29) is 25.3 Å². The summed E-state index contributed by atoms with van der Waals surface area (Å²) in [6, 6.07) is -0.479. The van der Waals surface area contributed by atoms with Crippen molar-refractivity contribution in [1.29, 1.82) is 0 Å². The van der Waals surface area contributed by atoms with Crippen molar-refractivity contribution in [2.75, 3.05) is 13.2 Å². The van der Waals surface area contributed by atoms with Crippen molar-refractivity contribution in [2.45, 2.75) is 39.5 Å². The van der Waals surface area contributed by atoms with Crippen LogP contribution in [0.2, 0.25) is 0 Å². The van der Waals surface area contributed by atoms with Crippen molar-refractivity contribution in [3.05, 3.63) is 37.2 Å². The van der Waals surface area contributed by atoms with E-state index in [0.717, 1.165) is 12.8 Å². The number of aliphatic imine (C=N–C) groups is 2. The summed E-state index contributed by atoms with van der Waals surface area (Å²) in [5.74, 6) is -2.05. The molecule has 0 aliphatic carbocycles. The van der Waals surface area contributed by atoms with Gasteiger partial charge in [0.15, 0.2) is 17.9 Å². The number of nitrogens with zero attached hydrogens (tertiary/aromatic N) is 5. The molecule has 0 aromatic carbocycles. The molecule has 0 aromatic rings. The number of hydrogen-bond acceptors (Lipinski definition) is 8. The Morgan fingerprint density at radius 3 is 1.78 bits per heavy atom. The molecule has 11 nitrogen and oxygen atoms in total. The van der Waals surface area contributed by atoms with Crippen molar-refractivity contribution >= 4 is 12.0 Å². The lowest BCUT2D eigenvalue weighted by molar-refractivity contribution is -0.617. The van der Waals surface area contributed by atoms with Gasteiger partial charge < -0.3 is 19.5 Å². The average Bonchev–Trinajstić information content (AvgIpc) is 2.47. The first kappa shape index (κ1) is 18.3. The number of amidine groups is 2. The lowest BCUT2D eigenvalue weighted by atomic mass is 10.4. The van der Waals surface area contributed by atoms with Gasteiger partial charge in [-0.2, -0.15) is 0 Å². The van der Waals surface area contributed by atoms with Crippen LogP contribution in [-0.4, -0.2) is 35.1 Å². The molecule has 0 saturated heterocycles. The van der Waals surface area contributed by atoms with E-state index in [2.05, 4.69) is 15.3 Å². The van der Waals surface area contributed by atoms with Crippen LogP contribution in [0.15, 0.2) is 21.6 Å². The highest BCUT2D eigenvalue weighted by molar-refractivity contribution is 6.12. The Balaban J connectivity index is 3.04. The highest BCUT2D eigenvalue weighted by Gasteiger charge is 2.30. The molecule has 0 N–H and O–H groups in total. The van der Waals surface area contributed by atoms with E-state index in [0.29, 0.717) is 12.8 Å². The summed E-state index contributed by atoms with van der Waals surface area (Å²) in [5, 5.41) is 25.5. The smallest absolute Gasteiger partial charge is 0.487 e. The van der Waals surface area contributed by atoms with Crippen LogP contribution in [0.5, 0.6) is 0 Å². The molecule has 0 unspecified atom stereocenters. The lowest BCUT2D eigenvalue weighted by Crippen LogP contribution is -2.20. The molecule has 1 aliphatic rings. The molecule has 0 saturated carbocycles. The monoisotopic (exact) mass is 328 g/mol. The molecule has 0 fully saturated rings. The van der Waals surface area contributed by atoms with Gasteiger partial charge in [-0.05, 0) is 12.8 Å². The fourth-order valence-electron chi connectivity index (χ4n) is 1.41. The van der Waals surface area contributed by atoms with E-state index in [1.807, 2.05) is 13.8 Å². The van der Waals surface area contributed by atoms with E-state index in [9.17, 15) is 20.2 Å². The molecule has 1 aliphatic heterocycles. The van der Waals surface area contributed by atoms with Crippen LogP contribution in [0.3, 0.4) is 0 Å². The minimum absolute atomic E-state index is 0.240. The minimum atomic E-state index is -1.35. The maximum atomic E-state index is 10.8. The minimum Gasteiger partial charge on any atom is -0.487 e. The van der Waals surface area contributed by atoms with Crippen LogP contribution >= 0.6 is 0 Å². The SMILES string of the molecule is CCCCOC1=NC(=C([N+](=O)[O-])[N+](=O)[O-])N=C(OCCCC)[N-]1. The number of unbranched alkanes of at least 4 members (excludes halogenated alkanes) is 2. The second-order valence-corrected chi connectivity index (χ2v) is 4.47. The zero-order valence-electron chi connectivity index (χ0n) is 12.9. The van der Waals surface area contributed by atoms with Crippen LogP contribution in [-0.2, 0) is 9.47 Å². The molecule has 0 bridgehead atoms. The van der Waals surface area contributed by atoms with Crippen molar-refractivity contribution in [3.8, 4) is 0 Å². The predicted molar refractivity (Wildman–Crippen MR) is 81.0 cm³/mol. The number of hydrogen-bond donors (Lipinski definition) is 0. The molecule has 0 atom stereocenters.